The van der Waals surface area contributed by atoms with E-state index in [0.29, 0.717) is 12.2 Å². The standard InChI is InChI=1S/C12H17F3N2/c1-16-7-2-3-8-17-11-6-4-5-10(9-11)12(13,14)15/h4-6,9,16-17H,2-3,7-8H2,1H3. The molecule has 0 saturated heterocycles. The lowest BCUT2D eigenvalue weighted by atomic mass is 10.2. The van der Waals surface area contributed by atoms with Crippen LogP contribution in [-0.4, -0.2) is 20.1 Å². The normalized spacial score (nSPS) is 11.5. The average molecular weight is 246 g/mol. The van der Waals surface area contributed by atoms with E-state index in [4.69, 9.17) is 0 Å². The summed E-state index contributed by atoms with van der Waals surface area (Å²) in [6, 6.07) is 5.27. The molecule has 0 fully saturated rings. The molecule has 0 atom stereocenters. The SMILES string of the molecule is CNCCCCNc1cccc(C(F)(F)F)c1. The van der Waals surface area contributed by atoms with Crippen LogP contribution in [0.15, 0.2) is 24.3 Å². The number of hydrogen-bond acceptors (Lipinski definition) is 2. The van der Waals surface area contributed by atoms with Crippen molar-refractivity contribution in [3.05, 3.63) is 29.8 Å². The Balaban J connectivity index is 2.44. The van der Waals surface area contributed by atoms with Gasteiger partial charge in [-0.2, -0.15) is 13.2 Å². The lowest BCUT2D eigenvalue weighted by molar-refractivity contribution is -0.137. The van der Waals surface area contributed by atoms with Crippen LogP contribution in [0.25, 0.3) is 0 Å². The van der Waals surface area contributed by atoms with E-state index in [9.17, 15) is 13.2 Å². The van der Waals surface area contributed by atoms with Crippen LogP contribution in [-0.2, 0) is 6.18 Å². The highest BCUT2D eigenvalue weighted by molar-refractivity contribution is 5.46. The zero-order valence-electron chi connectivity index (χ0n) is 9.77. The van der Waals surface area contributed by atoms with Crippen molar-refractivity contribution in [3.63, 3.8) is 0 Å². The Hall–Kier alpha value is -1.23. The van der Waals surface area contributed by atoms with E-state index in [1.807, 2.05) is 7.05 Å². The molecular weight excluding hydrogens is 229 g/mol. The fourth-order valence-electron chi connectivity index (χ4n) is 1.46. The van der Waals surface area contributed by atoms with Crippen molar-refractivity contribution in [3.8, 4) is 0 Å². The average Bonchev–Trinajstić information content (AvgIpc) is 2.28. The maximum absolute atomic E-state index is 12.4. The zero-order valence-corrected chi connectivity index (χ0v) is 9.77. The van der Waals surface area contributed by atoms with Crippen LogP contribution < -0.4 is 10.6 Å². The monoisotopic (exact) mass is 246 g/mol. The zero-order chi connectivity index (χ0) is 12.7. The van der Waals surface area contributed by atoms with Gasteiger partial charge in [-0.25, -0.2) is 0 Å². The van der Waals surface area contributed by atoms with Gasteiger partial charge in [-0.15, -0.1) is 0 Å². The molecule has 0 radical (unpaired) electrons. The number of halogens is 3. The fraction of sp³-hybridized carbons (Fsp3) is 0.500. The quantitative estimate of drug-likeness (QED) is 0.754. The van der Waals surface area contributed by atoms with Gasteiger partial charge in [0.2, 0.25) is 0 Å². The third-order valence-electron chi connectivity index (χ3n) is 2.37. The van der Waals surface area contributed by atoms with E-state index in [0.717, 1.165) is 31.5 Å². The van der Waals surface area contributed by atoms with Crippen LogP contribution >= 0.6 is 0 Å². The first-order valence-electron chi connectivity index (χ1n) is 5.60. The van der Waals surface area contributed by atoms with Gasteiger partial charge in [-0.05, 0) is 44.6 Å². The van der Waals surface area contributed by atoms with E-state index in [1.165, 1.54) is 6.07 Å². The van der Waals surface area contributed by atoms with Gasteiger partial charge in [0.25, 0.3) is 0 Å². The van der Waals surface area contributed by atoms with E-state index >= 15 is 0 Å². The van der Waals surface area contributed by atoms with Gasteiger partial charge in [0, 0.05) is 12.2 Å². The van der Waals surface area contributed by atoms with Crippen LogP contribution in [0.2, 0.25) is 0 Å². The number of unbranched alkanes of at least 4 members (excludes halogenated alkanes) is 1. The van der Waals surface area contributed by atoms with Crippen molar-refractivity contribution in [1.82, 2.24) is 5.32 Å². The highest BCUT2D eigenvalue weighted by atomic mass is 19.4. The van der Waals surface area contributed by atoms with Gasteiger partial charge in [-0.1, -0.05) is 6.07 Å². The van der Waals surface area contributed by atoms with E-state index < -0.39 is 11.7 Å². The van der Waals surface area contributed by atoms with Gasteiger partial charge < -0.3 is 10.6 Å². The summed E-state index contributed by atoms with van der Waals surface area (Å²) in [5.74, 6) is 0. The third kappa shape index (κ3) is 5.08. The molecule has 0 heterocycles. The summed E-state index contributed by atoms with van der Waals surface area (Å²) in [5.41, 5.74) is -0.0954. The Bertz CT molecular complexity index is 337. The molecule has 96 valence electrons. The summed E-state index contributed by atoms with van der Waals surface area (Å²) in [5, 5.41) is 6.01. The van der Waals surface area contributed by atoms with Gasteiger partial charge in [0.15, 0.2) is 0 Å². The molecule has 0 aliphatic rings. The van der Waals surface area contributed by atoms with Crippen molar-refractivity contribution in [2.24, 2.45) is 0 Å². The molecule has 0 spiro atoms. The van der Waals surface area contributed by atoms with Gasteiger partial charge >= 0.3 is 6.18 Å². The smallest absolute Gasteiger partial charge is 0.385 e. The predicted octanol–water partition coefficient (Wildman–Crippen LogP) is 3.12. The molecule has 17 heavy (non-hydrogen) atoms. The molecule has 0 aliphatic heterocycles. The van der Waals surface area contributed by atoms with Crippen LogP contribution in [0.3, 0.4) is 0 Å². The summed E-state index contributed by atoms with van der Waals surface area (Å²) >= 11 is 0. The van der Waals surface area contributed by atoms with Crippen molar-refractivity contribution >= 4 is 5.69 Å². The van der Waals surface area contributed by atoms with Crippen LogP contribution in [0.4, 0.5) is 18.9 Å². The van der Waals surface area contributed by atoms with E-state index in [1.54, 1.807) is 6.07 Å². The van der Waals surface area contributed by atoms with Gasteiger partial charge in [0.05, 0.1) is 5.56 Å². The number of anilines is 1. The molecule has 0 bridgehead atoms. The first kappa shape index (κ1) is 13.8. The summed E-state index contributed by atoms with van der Waals surface area (Å²) in [6.07, 6.45) is -2.34. The highest BCUT2D eigenvalue weighted by Crippen LogP contribution is 2.30. The number of hydrogen-bond donors (Lipinski definition) is 2. The number of nitrogens with one attached hydrogen (secondary N) is 2. The van der Waals surface area contributed by atoms with Crippen molar-refractivity contribution in [1.29, 1.82) is 0 Å². The minimum atomic E-state index is -4.27. The molecule has 0 aliphatic carbocycles. The minimum Gasteiger partial charge on any atom is -0.385 e. The molecule has 5 heteroatoms. The van der Waals surface area contributed by atoms with E-state index in [-0.39, 0.29) is 0 Å². The predicted molar refractivity (Wildman–Crippen MR) is 63.1 cm³/mol. The molecule has 1 aromatic carbocycles. The number of rotatable bonds is 6. The molecule has 0 saturated carbocycles. The Kier molecular flexibility index (Phi) is 5.28. The lowest BCUT2D eigenvalue weighted by Crippen LogP contribution is -2.10. The van der Waals surface area contributed by atoms with Crippen molar-refractivity contribution in [2.45, 2.75) is 19.0 Å². The summed E-state index contributed by atoms with van der Waals surface area (Å²) in [4.78, 5) is 0. The second-order valence-corrected chi connectivity index (χ2v) is 3.82. The first-order valence-corrected chi connectivity index (χ1v) is 5.60. The largest absolute Gasteiger partial charge is 0.416 e. The Morgan fingerprint density at radius 3 is 2.47 bits per heavy atom. The summed E-state index contributed by atoms with van der Waals surface area (Å²) in [6.45, 7) is 1.60. The second-order valence-electron chi connectivity index (χ2n) is 3.82. The van der Waals surface area contributed by atoms with Crippen molar-refractivity contribution in [2.75, 3.05) is 25.5 Å². The molecule has 2 nitrogen and oxygen atoms in total. The van der Waals surface area contributed by atoms with Crippen LogP contribution in [0.1, 0.15) is 18.4 Å². The molecule has 1 rings (SSSR count). The molecule has 0 amide bonds. The Morgan fingerprint density at radius 1 is 1.12 bits per heavy atom. The minimum absolute atomic E-state index is 0.518. The summed E-state index contributed by atoms with van der Waals surface area (Å²) in [7, 11) is 1.88. The molecule has 1 aromatic rings. The Labute approximate surface area is 99.2 Å². The van der Waals surface area contributed by atoms with Crippen molar-refractivity contribution < 1.29 is 13.2 Å². The maximum atomic E-state index is 12.4. The fourth-order valence-corrected chi connectivity index (χ4v) is 1.46. The highest BCUT2D eigenvalue weighted by Gasteiger charge is 2.30. The van der Waals surface area contributed by atoms with Gasteiger partial charge in [-0.3, -0.25) is 0 Å². The third-order valence-corrected chi connectivity index (χ3v) is 2.37. The lowest BCUT2D eigenvalue weighted by Gasteiger charge is -2.10. The van der Waals surface area contributed by atoms with E-state index in [2.05, 4.69) is 10.6 Å². The van der Waals surface area contributed by atoms with Crippen LogP contribution in [0, 0.1) is 0 Å². The first-order chi connectivity index (χ1) is 8.04. The molecular formula is C12H17F3N2. The molecule has 0 unspecified atom stereocenters. The molecule has 0 aromatic heterocycles. The maximum Gasteiger partial charge on any atom is 0.416 e. The summed E-state index contributed by atoms with van der Waals surface area (Å²) < 4.78 is 37.3. The van der Waals surface area contributed by atoms with Crippen LogP contribution in [0.5, 0.6) is 0 Å². The second kappa shape index (κ2) is 6.49. The number of alkyl halides is 3. The number of benzene rings is 1. The van der Waals surface area contributed by atoms with Gasteiger partial charge in [0.1, 0.15) is 0 Å². The Morgan fingerprint density at radius 2 is 1.82 bits per heavy atom. The topological polar surface area (TPSA) is 24.1 Å². The molecule has 2 N–H and O–H groups in total.